The van der Waals surface area contributed by atoms with E-state index >= 15 is 0 Å². The van der Waals surface area contributed by atoms with Crippen molar-refractivity contribution >= 4 is 0 Å². The number of benzene rings is 2. The van der Waals surface area contributed by atoms with Crippen molar-refractivity contribution in [2.45, 2.75) is 39.7 Å². The largest absolute Gasteiger partial charge is 0.489 e. The average Bonchev–Trinajstić information content (AvgIpc) is 2.95. The Labute approximate surface area is 132 Å². The van der Waals surface area contributed by atoms with Gasteiger partial charge in [0.25, 0.3) is 0 Å². The Balaban J connectivity index is 2.00. The minimum atomic E-state index is 0.198. The van der Waals surface area contributed by atoms with E-state index in [-0.39, 0.29) is 6.10 Å². The van der Waals surface area contributed by atoms with E-state index in [4.69, 9.17) is 15.2 Å². The summed E-state index contributed by atoms with van der Waals surface area (Å²) in [6.45, 7) is 6.98. The Morgan fingerprint density at radius 1 is 1.09 bits per heavy atom. The normalized spacial score (nSPS) is 16.3. The van der Waals surface area contributed by atoms with Gasteiger partial charge in [0.15, 0.2) is 0 Å². The summed E-state index contributed by atoms with van der Waals surface area (Å²) in [5.41, 5.74) is 10.4. The molecular formula is C19H23NO2. The van der Waals surface area contributed by atoms with Crippen molar-refractivity contribution in [1.82, 2.24) is 0 Å². The lowest BCUT2D eigenvalue weighted by molar-refractivity contribution is 0.223. The van der Waals surface area contributed by atoms with Gasteiger partial charge in [-0.15, -0.1) is 0 Å². The standard InChI is InChI=1S/C19H23NO2/c1-12-13(2)19-17(11-16(22-19)9-10-20)14(3)18(12)21-15-7-5-4-6-8-15/h4-8,16H,9-11,20H2,1-3H3/t16-/m1/s1. The van der Waals surface area contributed by atoms with Crippen molar-refractivity contribution in [2.24, 2.45) is 5.73 Å². The van der Waals surface area contributed by atoms with E-state index in [2.05, 4.69) is 20.8 Å². The number of para-hydroxylation sites is 1. The molecule has 2 N–H and O–H groups in total. The molecular weight excluding hydrogens is 274 g/mol. The summed E-state index contributed by atoms with van der Waals surface area (Å²) in [6, 6.07) is 9.93. The molecule has 2 aromatic rings. The third-order valence-electron chi connectivity index (χ3n) is 4.48. The van der Waals surface area contributed by atoms with Crippen LogP contribution in [0.5, 0.6) is 17.2 Å². The summed E-state index contributed by atoms with van der Waals surface area (Å²) in [4.78, 5) is 0. The third kappa shape index (κ3) is 2.57. The first-order valence-corrected chi connectivity index (χ1v) is 7.84. The molecule has 1 aliphatic heterocycles. The van der Waals surface area contributed by atoms with Crippen molar-refractivity contribution < 1.29 is 9.47 Å². The molecule has 0 unspecified atom stereocenters. The fourth-order valence-electron chi connectivity index (χ4n) is 3.10. The Morgan fingerprint density at radius 2 is 1.82 bits per heavy atom. The van der Waals surface area contributed by atoms with Crippen molar-refractivity contribution in [1.29, 1.82) is 0 Å². The summed E-state index contributed by atoms with van der Waals surface area (Å²) in [7, 11) is 0. The molecule has 0 saturated heterocycles. The van der Waals surface area contributed by atoms with Crippen molar-refractivity contribution in [3.63, 3.8) is 0 Å². The zero-order valence-electron chi connectivity index (χ0n) is 13.5. The smallest absolute Gasteiger partial charge is 0.134 e. The summed E-state index contributed by atoms with van der Waals surface area (Å²) < 4.78 is 12.3. The molecule has 0 aliphatic carbocycles. The van der Waals surface area contributed by atoms with Gasteiger partial charge in [-0.3, -0.25) is 0 Å². The second-order valence-corrected chi connectivity index (χ2v) is 5.95. The fourth-order valence-corrected chi connectivity index (χ4v) is 3.10. The average molecular weight is 297 g/mol. The number of rotatable bonds is 4. The van der Waals surface area contributed by atoms with Gasteiger partial charge in [0.05, 0.1) is 0 Å². The minimum Gasteiger partial charge on any atom is -0.489 e. The summed E-state index contributed by atoms with van der Waals surface area (Å²) in [6.07, 6.45) is 2.01. The van der Waals surface area contributed by atoms with Crippen LogP contribution in [0.3, 0.4) is 0 Å². The maximum atomic E-state index is 6.16. The van der Waals surface area contributed by atoms with Crippen LogP contribution >= 0.6 is 0 Å². The molecule has 0 saturated carbocycles. The van der Waals surface area contributed by atoms with Gasteiger partial charge in [0, 0.05) is 12.0 Å². The van der Waals surface area contributed by atoms with Crippen molar-refractivity contribution in [3.05, 3.63) is 52.6 Å². The lowest BCUT2D eigenvalue weighted by atomic mass is 9.95. The van der Waals surface area contributed by atoms with Crippen LogP contribution in [-0.4, -0.2) is 12.6 Å². The van der Waals surface area contributed by atoms with E-state index in [1.54, 1.807) is 0 Å². The zero-order valence-corrected chi connectivity index (χ0v) is 13.5. The third-order valence-corrected chi connectivity index (χ3v) is 4.48. The highest BCUT2D eigenvalue weighted by molar-refractivity contribution is 5.60. The van der Waals surface area contributed by atoms with Gasteiger partial charge >= 0.3 is 0 Å². The molecule has 116 valence electrons. The van der Waals surface area contributed by atoms with Crippen molar-refractivity contribution in [3.8, 4) is 17.2 Å². The van der Waals surface area contributed by atoms with Gasteiger partial charge in [0.2, 0.25) is 0 Å². The van der Waals surface area contributed by atoms with Crippen LogP contribution in [-0.2, 0) is 6.42 Å². The zero-order chi connectivity index (χ0) is 15.7. The van der Waals surface area contributed by atoms with E-state index in [0.717, 1.165) is 35.7 Å². The molecule has 0 aromatic heterocycles. The lowest BCUT2D eigenvalue weighted by Gasteiger charge is -2.17. The van der Waals surface area contributed by atoms with Crippen LogP contribution in [0, 0.1) is 20.8 Å². The van der Waals surface area contributed by atoms with E-state index in [0.29, 0.717) is 6.54 Å². The number of ether oxygens (including phenoxy) is 2. The first-order chi connectivity index (χ1) is 10.6. The topological polar surface area (TPSA) is 44.5 Å². The number of nitrogens with two attached hydrogens (primary N) is 1. The molecule has 22 heavy (non-hydrogen) atoms. The predicted octanol–water partition coefficient (Wildman–Crippen LogP) is 4.06. The van der Waals surface area contributed by atoms with Gasteiger partial charge in [-0.05, 0) is 62.6 Å². The first kappa shape index (κ1) is 14.9. The van der Waals surface area contributed by atoms with Crippen LogP contribution in [0.2, 0.25) is 0 Å². The molecule has 0 fully saturated rings. The summed E-state index contributed by atoms with van der Waals surface area (Å²) in [5, 5.41) is 0. The SMILES string of the molecule is Cc1c(C)c2c(c(C)c1Oc1ccccc1)C[C@@H](CCN)O2. The molecule has 1 heterocycles. The van der Waals surface area contributed by atoms with Crippen LogP contribution in [0.4, 0.5) is 0 Å². The van der Waals surface area contributed by atoms with Crippen LogP contribution in [0.15, 0.2) is 30.3 Å². The van der Waals surface area contributed by atoms with Crippen molar-refractivity contribution in [2.75, 3.05) is 6.54 Å². The molecule has 3 heteroatoms. The van der Waals surface area contributed by atoms with E-state index in [1.165, 1.54) is 16.7 Å². The highest BCUT2D eigenvalue weighted by atomic mass is 16.5. The maximum absolute atomic E-state index is 6.16. The molecule has 2 aromatic carbocycles. The molecule has 1 aliphatic rings. The van der Waals surface area contributed by atoms with Gasteiger partial charge in [-0.1, -0.05) is 18.2 Å². The van der Waals surface area contributed by atoms with Gasteiger partial charge in [-0.25, -0.2) is 0 Å². The van der Waals surface area contributed by atoms with Gasteiger partial charge in [0.1, 0.15) is 23.4 Å². The fraction of sp³-hybridized carbons (Fsp3) is 0.368. The minimum absolute atomic E-state index is 0.198. The number of fused-ring (bicyclic) bond motifs is 1. The quantitative estimate of drug-likeness (QED) is 0.925. The number of hydrogen-bond acceptors (Lipinski definition) is 3. The van der Waals surface area contributed by atoms with E-state index in [9.17, 15) is 0 Å². The maximum Gasteiger partial charge on any atom is 0.134 e. The Morgan fingerprint density at radius 3 is 2.50 bits per heavy atom. The predicted molar refractivity (Wildman–Crippen MR) is 89.0 cm³/mol. The van der Waals surface area contributed by atoms with E-state index in [1.807, 2.05) is 30.3 Å². The lowest BCUT2D eigenvalue weighted by Crippen LogP contribution is -2.18. The second-order valence-electron chi connectivity index (χ2n) is 5.95. The number of hydrogen-bond donors (Lipinski definition) is 1. The summed E-state index contributed by atoms with van der Waals surface area (Å²) >= 11 is 0. The Bertz CT molecular complexity index is 680. The Hall–Kier alpha value is -2.00. The monoisotopic (exact) mass is 297 g/mol. The molecule has 3 rings (SSSR count). The highest BCUT2D eigenvalue weighted by Crippen LogP contribution is 2.44. The Kier molecular flexibility index (Phi) is 4.08. The first-order valence-electron chi connectivity index (χ1n) is 7.84. The van der Waals surface area contributed by atoms with Gasteiger partial charge < -0.3 is 15.2 Å². The summed E-state index contributed by atoms with van der Waals surface area (Å²) in [5.74, 6) is 2.86. The molecule has 0 spiro atoms. The molecule has 0 bridgehead atoms. The molecule has 0 amide bonds. The second kappa shape index (κ2) is 6.01. The van der Waals surface area contributed by atoms with Crippen LogP contribution < -0.4 is 15.2 Å². The van der Waals surface area contributed by atoms with E-state index < -0.39 is 0 Å². The van der Waals surface area contributed by atoms with Crippen LogP contribution in [0.25, 0.3) is 0 Å². The van der Waals surface area contributed by atoms with Gasteiger partial charge in [-0.2, -0.15) is 0 Å². The van der Waals surface area contributed by atoms with Crippen LogP contribution in [0.1, 0.15) is 28.7 Å². The molecule has 1 atom stereocenters. The molecule has 0 radical (unpaired) electrons. The molecule has 3 nitrogen and oxygen atoms in total. The highest BCUT2D eigenvalue weighted by Gasteiger charge is 2.29.